The molecule has 4 aliphatic carbocycles. The van der Waals surface area contributed by atoms with Gasteiger partial charge in [0.2, 0.25) is 0 Å². The minimum atomic E-state index is -0.301. The van der Waals surface area contributed by atoms with Gasteiger partial charge in [0.15, 0.2) is 6.61 Å². The first kappa shape index (κ1) is 14.0. The summed E-state index contributed by atoms with van der Waals surface area (Å²) >= 11 is 0. The predicted octanol–water partition coefficient (Wildman–Crippen LogP) is 3.15. The van der Waals surface area contributed by atoms with Crippen molar-refractivity contribution in [2.75, 3.05) is 6.61 Å². The Morgan fingerprint density at radius 1 is 1.05 bits per heavy atom. The number of hydrogen-bond donors (Lipinski definition) is 1. The van der Waals surface area contributed by atoms with E-state index in [1.165, 1.54) is 44.2 Å². The largest absolute Gasteiger partial charge is 0.484 e. The molecule has 1 aromatic carbocycles. The van der Waals surface area contributed by atoms with Gasteiger partial charge < -0.3 is 10.1 Å². The van der Waals surface area contributed by atoms with Crippen LogP contribution in [-0.2, 0) is 4.79 Å². The molecule has 1 aromatic rings. The van der Waals surface area contributed by atoms with Crippen molar-refractivity contribution in [3.8, 4) is 5.75 Å². The van der Waals surface area contributed by atoms with E-state index in [-0.39, 0.29) is 18.3 Å². The lowest BCUT2D eigenvalue weighted by molar-refractivity contribution is -0.127. The van der Waals surface area contributed by atoms with Crippen molar-refractivity contribution in [1.82, 2.24) is 5.32 Å². The van der Waals surface area contributed by atoms with E-state index in [1.807, 2.05) is 0 Å². The van der Waals surface area contributed by atoms with Gasteiger partial charge in [-0.05, 0) is 80.0 Å². The van der Waals surface area contributed by atoms with Crippen molar-refractivity contribution >= 4 is 5.91 Å². The van der Waals surface area contributed by atoms with E-state index in [4.69, 9.17) is 4.74 Å². The fourth-order valence-corrected chi connectivity index (χ4v) is 5.07. The zero-order valence-electron chi connectivity index (χ0n) is 12.6. The number of carbonyl (C=O) groups is 1. The number of hydrogen-bond acceptors (Lipinski definition) is 2. The quantitative estimate of drug-likeness (QED) is 0.928. The van der Waals surface area contributed by atoms with Crippen LogP contribution in [0.4, 0.5) is 4.39 Å². The third-order valence-corrected chi connectivity index (χ3v) is 5.74. The number of ether oxygens (including phenoxy) is 1. The molecule has 4 heteroatoms. The number of rotatable bonds is 4. The molecule has 0 aliphatic heterocycles. The first-order chi connectivity index (χ1) is 10.7. The summed E-state index contributed by atoms with van der Waals surface area (Å²) in [5.74, 6) is 3.34. The first-order valence-electron chi connectivity index (χ1n) is 8.35. The molecule has 1 N–H and O–H groups in total. The molecule has 4 saturated carbocycles. The van der Waals surface area contributed by atoms with Crippen molar-refractivity contribution < 1.29 is 13.9 Å². The Kier molecular flexibility index (Phi) is 3.55. The van der Waals surface area contributed by atoms with E-state index in [1.54, 1.807) is 12.1 Å². The summed E-state index contributed by atoms with van der Waals surface area (Å²) in [7, 11) is 0. The highest BCUT2D eigenvalue weighted by Crippen LogP contribution is 2.53. The third kappa shape index (κ3) is 2.71. The SMILES string of the molecule is O=C(COc1ccc(F)cc1)NC1C2CC3CC(C2)CC1C3. The van der Waals surface area contributed by atoms with Gasteiger partial charge in [0.1, 0.15) is 11.6 Å². The average molecular weight is 303 g/mol. The summed E-state index contributed by atoms with van der Waals surface area (Å²) in [6.45, 7) is 0.00836. The topological polar surface area (TPSA) is 38.3 Å². The van der Waals surface area contributed by atoms with Crippen LogP contribution in [0.5, 0.6) is 5.75 Å². The number of benzene rings is 1. The fraction of sp³-hybridized carbons (Fsp3) is 0.611. The molecule has 0 heterocycles. The average Bonchev–Trinajstić information content (AvgIpc) is 2.50. The second-order valence-electron chi connectivity index (χ2n) is 7.27. The smallest absolute Gasteiger partial charge is 0.258 e. The van der Waals surface area contributed by atoms with E-state index >= 15 is 0 Å². The van der Waals surface area contributed by atoms with Gasteiger partial charge >= 0.3 is 0 Å². The molecule has 4 aliphatic rings. The van der Waals surface area contributed by atoms with Gasteiger partial charge in [0, 0.05) is 6.04 Å². The van der Waals surface area contributed by atoms with Crippen LogP contribution < -0.4 is 10.1 Å². The zero-order chi connectivity index (χ0) is 15.1. The van der Waals surface area contributed by atoms with Gasteiger partial charge in [0.25, 0.3) is 5.91 Å². The Morgan fingerprint density at radius 2 is 1.64 bits per heavy atom. The van der Waals surface area contributed by atoms with Crippen molar-refractivity contribution in [1.29, 1.82) is 0 Å². The molecule has 4 bridgehead atoms. The fourth-order valence-electron chi connectivity index (χ4n) is 5.07. The van der Waals surface area contributed by atoms with Crippen LogP contribution in [0.25, 0.3) is 0 Å². The normalized spacial score (nSPS) is 35.4. The summed E-state index contributed by atoms with van der Waals surface area (Å²) in [4.78, 5) is 12.2. The Balaban J connectivity index is 1.31. The molecule has 0 aromatic heterocycles. The molecule has 0 atom stereocenters. The maximum atomic E-state index is 12.8. The van der Waals surface area contributed by atoms with Crippen LogP contribution in [0.2, 0.25) is 0 Å². The minimum absolute atomic E-state index is 0.00836. The molecule has 22 heavy (non-hydrogen) atoms. The van der Waals surface area contributed by atoms with Gasteiger partial charge in [0.05, 0.1) is 0 Å². The van der Waals surface area contributed by atoms with E-state index < -0.39 is 0 Å². The molecule has 3 nitrogen and oxygen atoms in total. The van der Waals surface area contributed by atoms with Crippen LogP contribution in [0, 0.1) is 29.5 Å². The lowest BCUT2D eigenvalue weighted by Gasteiger charge is -2.54. The van der Waals surface area contributed by atoms with Crippen molar-refractivity contribution in [2.45, 2.75) is 38.1 Å². The van der Waals surface area contributed by atoms with E-state index in [9.17, 15) is 9.18 Å². The van der Waals surface area contributed by atoms with E-state index in [0.717, 1.165) is 11.8 Å². The second-order valence-corrected chi connectivity index (χ2v) is 7.27. The Morgan fingerprint density at radius 3 is 2.23 bits per heavy atom. The Bertz CT molecular complexity index is 529. The van der Waals surface area contributed by atoms with Gasteiger partial charge in [-0.3, -0.25) is 4.79 Å². The zero-order valence-corrected chi connectivity index (χ0v) is 12.6. The van der Waals surface area contributed by atoms with E-state index in [2.05, 4.69) is 5.32 Å². The van der Waals surface area contributed by atoms with Gasteiger partial charge in [-0.15, -0.1) is 0 Å². The first-order valence-corrected chi connectivity index (χ1v) is 8.35. The molecule has 4 fully saturated rings. The lowest BCUT2D eigenvalue weighted by atomic mass is 9.54. The Hall–Kier alpha value is -1.58. The van der Waals surface area contributed by atoms with Crippen LogP contribution in [0.3, 0.4) is 0 Å². The number of amides is 1. The molecular weight excluding hydrogens is 281 g/mol. The highest BCUT2D eigenvalue weighted by Gasteiger charge is 2.48. The standard InChI is InChI=1S/C18H22FNO2/c19-15-1-3-16(4-2-15)22-10-17(21)20-18-13-6-11-5-12(8-13)9-14(18)7-11/h1-4,11-14,18H,5-10H2,(H,20,21). The van der Waals surface area contributed by atoms with Gasteiger partial charge in [-0.2, -0.15) is 0 Å². The van der Waals surface area contributed by atoms with Crippen molar-refractivity contribution in [2.24, 2.45) is 23.7 Å². The van der Waals surface area contributed by atoms with Crippen LogP contribution in [0.1, 0.15) is 32.1 Å². The number of nitrogens with one attached hydrogen (secondary N) is 1. The van der Waals surface area contributed by atoms with Gasteiger partial charge in [-0.1, -0.05) is 0 Å². The monoisotopic (exact) mass is 303 g/mol. The number of carbonyl (C=O) groups excluding carboxylic acids is 1. The molecule has 5 rings (SSSR count). The number of halogens is 1. The summed E-state index contributed by atoms with van der Waals surface area (Å²) in [5.41, 5.74) is 0. The third-order valence-electron chi connectivity index (χ3n) is 5.74. The summed E-state index contributed by atoms with van der Waals surface area (Å²) in [6.07, 6.45) is 6.57. The maximum Gasteiger partial charge on any atom is 0.258 e. The molecule has 1 amide bonds. The molecule has 0 radical (unpaired) electrons. The van der Waals surface area contributed by atoms with Crippen molar-refractivity contribution in [3.63, 3.8) is 0 Å². The predicted molar refractivity (Wildman–Crippen MR) is 80.9 cm³/mol. The molecule has 0 spiro atoms. The van der Waals surface area contributed by atoms with Crippen molar-refractivity contribution in [3.05, 3.63) is 30.1 Å². The Labute approximate surface area is 130 Å². The maximum absolute atomic E-state index is 12.8. The van der Waals surface area contributed by atoms with Crippen LogP contribution in [-0.4, -0.2) is 18.6 Å². The van der Waals surface area contributed by atoms with Crippen LogP contribution in [0.15, 0.2) is 24.3 Å². The summed E-state index contributed by atoms with van der Waals surface area (Å²) in [6, 6.07) is 6.12. The molecular formula is C18H22FNO2. The summed E-state index contributed by atoms with van der Waals surface area (Å²) in [5, 5.41) is 3.21. The second kappa shape index (κ2) is 5.56. The minimum Gasteiger partial charge on any atom is -0.484 e. The van der Waals surface area contributed by atoms with E-state index in [0.29, 0.717) is 23.6 Å². The van der Waals surface area contributed by atoms with Crippen LogP contribution >= 0.6 is 0 Å². The lowest BCUT2D eigenvalue weighted by Crippen LogP contribution is -2.56. The highest BCUT2D eigenvalue weighted by molar-refractivity contribution is 5.78. The molecule has 118 valence electrons. The summed E-state index contributed by atoms with van der Waals surface area (Å²) < 4.78 is 18.3. The van der Waals surface area contributed by atoms with Gasteiger partial charge in [-0.25, -0.2) is 4.39 Å². The molecule has 0 saturated heterocycles. The highest BCUT2D eigenvalue weighted by atomic mass is 19.1. The molecule has 0 unspecified atom stereocenters.